The molecule has 0 bridgehead atoms. The number of aliphatic hydroxyl groups is 1. The standard InChI is InChI=1S/C17H19NO2/c19-16(13-8-9-13)10-11-18-17(20)15-7-3-5-12-4-1-2-6-14(12)15/h1-7,13,16,19H,8-11H2,(H,18,20)/t16-/m1/s1. The Morgan fingerprint density at radius 2 is 1.95 bits per heavy atom. The van der Waals surface area contributed by atoms with Crippen molar-refractivity contribution in [2.24, 2.45) is 5.92 Å². The van der Waals surface area contributed by atoms with E-state index in [0.29, 0.717) is 24.4 Å². The lowest BCUT2D eigenvalue weighted by Gasteiger charge is -2.11. The number of hydrogen-bond acceptors (Lipinski definition) is 2. The van der Waals surface area contributed by atoms with E-state index in [1.54, 1.807) is 0 Å². The van der Waals surface area contributed by atoms with Crippen LogP contribution in [0.4, 0.5) is 0 Å². The van der Waals surface area contributed by atoms with Crippen molar-refractivity contribution in [2.45, 2.75) is 25.4 Å². The zero-order valence-corrected chi connectivity index (χ0v) is 11.4. The van der Waals surface area contributed by atoms with Crippen LogP contribution < -0.4 is 5.32 Å². The van der Waals surface area contributed by atoms with Gasteiger partial charge in [-0.3, -0.25) is 4.79 Å². The van der Waals surface area contributed by atoms with Gasteiger partial charge < -0.3 is 10.4 Å². The maximum Gasteiger partial charge on any atom is 0.251 e. The summed E-state index contributed by atoms with van der Waals surface area (Å²) in [5, 5.41) is 14.7. The molecule has 2 aromatic rings. The molecule has 1 amide bonds. The minimum absolute atomic E-state index is 0.0650. The zero-order chi connectivity index (χ0) is 13.9. The molecule has 2 N–H and O–H groups in total. The van der Waals surface area contributed by atoms with E-state index in [4.69, 9.17) is 0 Å². The molecular formula is C17H19NO2. The number of rotatable bonds is 5. The van der Waals surface area contributed by atoms with E-state index in [-0.39, 0.29) is 12.0 Å². The summed E-state index contributed by atoms with van der Waals surface area (Å²) in [7, 11) is 0. The fraction of sp³-hybridized carbons (Fsp3) is 0.353. The van der Waals surface area contributed by atoms with Gasteiger partial charge in [-0.05, 0) is 42.0 Å². The molecule has 3 nitrogen and oxygen atoms in total. The molecule has 0 radical (unpaired) electrons. The molecule has 3 rings (SSSR count). The second-order valence-corrected chi connectivity index (χ2v) is 5.48. The van der Waals surface area contributed by atoms with Crippen molar-refractivity contribution in [3.63, 3.8) is 0 Å². The summed E-state index contributed by atoms with van der Waals surface area (Å²) in [6, 6.07) is 13.6. The number of hydrogen-bond donors (Lipinski definition) is 2. The highest BCUT2D eigenvalue weighted by molar-refractivity contribution is 6.06. The zero-order valence-electron chi connectivity index (χ0n) is 11.4. The number of nitrogens with one attached hydrogen (secondary N) is 1. The third-order valence-corrected chi connectivity index (χ3v) is 3.93. The number of fused-ring (bicyclic) bond motifs is 1. The van der Waals surface area contributed by atoms with Crippen molar-refractivity contribution in [1.29, 1.82) is 0 Å². The summed E-state index contributed by atoms with van der Waals surface area (Å²) in [6.07, 6.45) is 2.63. The molecule has 0 saturated heterocycles. The van der Waals surface area contributed by atoms with Crippen molar-refractivity contribution >= 4 is 16.7 Å². The second kappa shape index (κ2) is 5.63. The Hall–Kier alpha value is -1.87. The lowest BCUT2D eigenvalue weighted by atomic mass is 10.0. The average Bonchev–Trinajstić information content (AvgIpc) is 3.31. The molecule has 0 heterocycles. The Morgan fingerprint density at radius 1 is 1.20 bits per heavy atom. The summed E-state index contributed by atoms with van der Waals surface area (Å²) in [5.74, 6) is 0.397. The first-order chi connectivity index (χ1) is 9.75. The van der Waals surface area contributed by atoms with Crippen LogP contribution >= 0.6 is 0 Å². The summed E-state index contributed by atoms with van der Waals surface area (Å²) >= 11 is 0. The van der Waals surface area contributed by atoms with Crippen molar-refractivity contribution in [3.05, 3.63) is 48.0 Å². The Bertz CT molecular complexity index is 614. The molecule has 0 spiro atoms. The van der Waals surface area contributed by atoms with Crippen LogP contribution in [0.5, 0.6) is 0 Å². The van der Waals surface area contributed by atoms with Crippen LogP contribution in [0.2, 0.25) is 0 Å². The van der Waals surface area contributed by atoms with Gasteiger partial charge in [0.2, 0.25) is 0 Å². The first-order valence-corrected chi connectivity index (χ1v) is 7.20. The summed E-state index contributed by atoms with van der Waals surface area (Å²) in [5.41, 5.74) is 0.698. The molecule has 2 aromatic carbocycles. The predicted octanol–water partition coefficient (Wildman–Crippen LogP) is 2.73. The van der Waals surface area contributed by atoms with Crippen LogP contribution in [0.15, 0.2) is 42.5 Å². The fourth-order valence-corrected chi connectivity index (χ4v) is 2.57. The molecule has 1 atom stereocenters. The van der Waals surface area contributed by atoms with Crippen LogP contribution in [0.1, 0.15) is 29.6 Å². The van der Waals surface area contributed by atoms with Gasteiger partial charge in [-0.1, -0.05) is 36.4 Å². The van der Waals surface area contributed by atoms with Gasteiger partial charge >= 0.3 is 0 Å². The maximum atomic E-state index is 12.2. The number of amides is 1. The lowest BCUT2D eigenvalue weighted by Crippen LogP contribution is -2.27. The monoisotopic (exact) mass is 269 g/mol. The number of carbonyl (C=O) groups is 1. The Labute approximate surface area is 118 Å². The highest BCUT2D eigenvalue weighted by Crippen LogP contribution is 2.33. The molecule has 20 heavy (non-hydrogen) atoms. The molecule has 1 aliphatic rings. The molecule has 3 heteroatoms. The van der Waals surface area contributed by atoms with E-state index in [9.17, 15) is 9.90 Å². The van der Waals surface area contributed by atoms with Crippen molar-refractivity contribution in [3.8, 4) is 0 Å². The third kappa shape index (κ3) is 2.83. The van der Waals surface area contributed by atoms with Crippen LogP contribution in [-0.2, 0) is 0 Å². The molecule has 1 fully saturated rings. The van der Waals surface area contributed by atoms with Crippen molar-refractivity contribution < 1.29 is 9.90 Å². The van der Waals surface area contributed by atoms with Crippen molar-refractivity contribution in [2.75, 3.05) is 6.54 Å². The van der Waals surface area contributed by atoms with Gasteiger partial charge in [0.15, 0.2) is 0 Å². The van der Waals surface area contributed by atoms with E-state index in [0.717, 1.165) is 23.6 Å². The van der Waals surface area contributed by atoms with Gasteiger partial charge in [-0.15, -0.1) is 0 Å². The average molecular weight is 269 g/mol. The van der Waals surface area contributed by atoms with E-state index in [1.807, 2.05) is 42.5 Å². The lowest BCUT2D eigenvalue weighted by molar-refractivity contribution is 0.0938. The van der Waals surface area contributed by atoms with Crippen LogP contribution in [0.25, 0.3) is 10.8 Å². The SMILES string of the molecule is O=C(NCC[C@@H](O)C1CC1)c1cccc2ccccc12. The number of carbonyl (C=O) groups excluding carboxylic acids is 1. The molecule has 1 saturated carbocycles. The number of benzene rings is 2. The van der Waals surface area contributed by atoms with E-state index < -0.39 is 0 Å². The van der Waals surface area contributed by atoms with Gasteiger partial charge in [0.1, 0.15) is 0 Å². The topological polar surface area (TPSA) is 49.3 Å². The summed E-state index contributed by atoms with van der Waals surface area (Å²) in [4.78, 5) is 12.2. The van der Waals surface area contributed by atoms with Gasteiger partial charge in [-0.2, -0.15) is 0 Å². The van der Waals surface area contributed by atoms with Gasteiger partial charge in [-0.25, -0.2) is 0 Å². The van der Waals surface area contributed by atoms with E-state index >= 15 is 0 Å². The van der Waals surface area contributed by atoms with Crippen LogP contribution in [0.3, 0.4) is 0 Å². The first kappa shape index (κ1) is 13.1. The number of aliphatic hydroxyl groups excluding tert-OH is 1. The second-order valence-electron chi connectivity index (χ2n) is 5.48. The highest BCUT2D eigenvalue weighted by atomic mass is 16.3. The minimum atomic E-state index is -0.261. The largest absolute Gasteiger partial charge is 0.393 e. The van der Waals surface area contributed by atoms with Crippen LogP contribution in [-0.4, -0.2) is 23.7 Å². The Morgan fingerprint density at radius 3 is 2.75 bits per heavy atom. The first-order valence-electron chi connectivity index (χ1n) is 7.20. The normalized spacial score (nSPS) is 16.1. The molecule has 0 aromatic heterocycles. The van der Waals surface area contributed by atoms with E-state index in [2.05, 4.69) is 5.32 Å². The molecule has 1 aliphatic carbocycles. The van der Waals surface area contributed by atoms with Crippen LogP contribution in [0, 0.1) is 5.92 Å². The van der Waals surface area contributed by atoms with Gasteiger partial charge in [0.25, 0.3) is 5.91 Å². The smallest absolute Gasteiger partial charge is 0.251 e. The molecular weight excluding hydrogens is 250 g/mol. The quantitative estimate of drug-likeness (QED) is 0.877. The molecule has 0 aliphatic heterocycles. The molecule has 0 unspecified atom stereocenters. The Balaban J connectivity index is 1.66. The minimum Gasteiger partial charge on any atom is -0.393 e. The van der Waals surface area contributed by atoms with E-state index in [1.165, 1.54) is 0 Å². The highest BCUT2D eigenvalue weighted by Gasteiger charge is 2.29. The van der Waals surface area contributed by atoms with Gasteiger partial charge in [0, 0.05) is 12.1 Å². The maximum absolute atomic E-state index is 12.2. The Kier molecular flexibility index (Phi) is 3.70. The predicted molar refractivity (Wildman–Crippen MR) is 79.6 cm³/mol. The summed E-state index contributed by atoms with van der Waals surface area (Å²) < 4.78 is 0. The molecule has 104 valence electrons. The fourth-order valence-electron chi connectivity index (χ4n) is 2.57. The summed E-state index contributed by atoms with van der Waals surface area (Å²) in [6.45, 7) is 0.528. The van der Waals surface area contributed by atoms with Gasteiger partial charge in [0.05, 0.1) is 6.10 Å². The van der Waals surface area contributed by atoms with Crippen molar-refractivity contribution in [1.82, 2.24) is 5.32 Å². The third-order valence-electron chi connectivity index (χ3n) is 3.93.